The average molecular weight is 1120 g/mol. The monoisotopic (exact) mass is 1120 g/mol. The van der Waals surface area contributed by atoms with Crippen molar-refractivity contribution in [1.29, 1.82) is 0 Å². The molecule has 0 saturated carbocycles. The molecule has 24 unspecified atom stereocenters. The van der Waals surface area contributed by atoms with Crippen LogP contribution in [0, 0.1) is 11.8 Å². The van der Waals surface area contributed by atoms with Gasteiger partial charge in [-0.2, -0.15) is 0 Å². The minimum Gasteiger partial charge on any atom is -0.463 e. The quantitative estimate of drug-likeness (QED) is 0.0536. The molecule has 24 atom stereocenters. The Morgan fingerprint density at radius 2 is 1.24 bits per heavy atom. The van der Waals surface area contributed by atoms with Crippen molar-refractivity contribution in [2.24, 2.45) is 11.8 Å². The van der Waals surface area contributed by atoms with Gasteiger partial charge in [0.25, 0.3) is 0 Å². The van der Waals surface area contributed by atoms with Gasteiger partial charge in [-0.05, 0) is 74.1 Å². The zero-order chi connectivity index (χ0) is 57.5. The van der Waals surface area contributed by atoms with Gasteiger partial charge in [-0.3, -0.25) is 14.4 Å². The maximum atomic E-state index is 14.1. The van der Waals surface area contributed by atoms with Crippen LogP contribution in [0.5, 0.6) is 0 Å². The fourth-order valence-corrected chi connectivity index (χ4v) is 9.90. The van der Waals surface area contributed by atoms with Gasteiger partial charge in [0, 0.05) is 12.0 Å². The van der Waals surface area contributed by atoms with Crippen molar-refractivity contribution in [2.75, 3.05) is 6.61 Å². The first-order valence-corrected chi connectivity index (χ1v) is 28.4. The molecular weight excluding hydrogens is 1030 g/mol. The van der Waals surface area contributed by atoms with Crippen molar-refractivity contribution < 1.29 is 112 Å². The smallest absolute Gasteiger partial charge is 0.333 e. The summed E-state index contributed by atoms with van der Waals surface area (Å²) in [6.45, 7) is 15.3. The molecule has 5 saturated heterocycles. The van der Waals surface area contributed by atoms with Crippen LogP contribution in [0.4, 0.5) is 0 Å². The molecule has 0 aromatic rings. The van der Waals surface area contributed by atoms with Crippen LogP contribution in [0.1, 0.15) is 159 Å². The van der Waals surface area contributed by atoms with Gasteiger partial charge in [0.05, 0.1) is 42.4 Å². The van der Waals surface area contributed by atoms with Gasteiger partial charge in [0.1, 0.15) is 67.6 Å². The lowest BCUT2D eigenvalue weighted by molar-refractivity contribution is -0.399. The average Bonchev–Trinajstić information content (AvgIpc) is 3.40. The molecule has 7 N–H and O–H groups in total. The van der Waals surface area contributed by atoms with Crippen LogP contribution in [-0.4, -0.2) is 201 Å². The summed E-state index contributed by atoms with van der Waals surface area (Å²) in [5, 5.41) is 80.0. The Kier molecular flexibility index (Phi) is 26.5. The molecule has 0 radical (unpaired) electrons. The number of allylic oxidation sites excluding steroid dienone is 1. The summed E-state index contributed by atoms with van der Waals surface area (Å²) in [6, 6.07) is 0. The molecule has 78 heavy (non-hydrogen) atoms. The number of hydrogen-bond donors (Lipinski definition) is 7. The molecule has 0 aromatic carbocycles. The Labute approximate surface area is 458 Å². The highest BCUT2D eigenvalue weighted by Crippen LogP contribution is 2.38. The Bertz CT molecular complexity index is 1890. The summed E-state index contributed by atoms with van der Waals surface area (Å²) in [5.74, 6) is -4.86. The molecule has 5 rings (SSSR count). The SMILES string of the molecule is CC=C(C)C(=O)OC1C(C)OC(OC2C(C)OC3OC4C(OC(COC(=O)C(C)C(C)O)C(O)C4O)OC4C(OC(CCCCC)CCCCCCCCCC(=O)OC2C3OC(=O)C(C)CC)OC(C)C(O)C4O)C(O)C1O. The Balaban J connectivity index is 1.59. The lowest BCUT2D eigenvalue weighted by Gasteiger charge is -2.50. The molecule has 0 spiro atoms. The number of fused-ring (bicyclic) bond motifs is 4. The zero-order valence-electron chi connectivity index (χ0n) is 47.2. The van der Waals surface area contributed by atoms with E-state index in [2.05, 4.69) is 6.92 Å². The van der Waals surface area contributed by atoms with Gasteiger partial charge in [-0.1, -0.05) is 84.6 Å². The van der Waals surface area contributed by atoms with Crippen molar-refractivity contribution >= 4 is 23.9 Å². The molecule has 23 nitrogen and oxygen atoms in total. The minimum atomic E-state index is -2.02. The van der Waals surface area contributed by atoms with E-state index >= 15 is 0 Å². The van der Waals surface area contributed by atoms with Crippen molar-refractivity contribution in [3.8, 4) is 0 Å². The lowest BCUT2D eigenvalue weighted by atomic mass is 9.95. The van der Waals surface area contributed by atoms with Crippen LogP contribution < -0.4 is 0 Å². The zero-order valence-corrected chi connectivity index (χ0v) is 47.2. The molecule has 5 aliphatic rings. The Morgan fingerprint density at radius 3 is 1.88 bits per heavy atom. The molecule has 2 bridgehead atoms. The van der Waals surface area contributed by atoms with Crippen LogP contribution in [0.3, 0.4) is 0 Å². The number of unbranched alkanes of at least 4 members (excludes halogenated alkanes) is 2. The van der Waals surface area contributed by atoms with E-state index in [9.17, 15) is 54.9 Å². The minimum absolute atomic E-state index is 0.0690. The van der Waals surface area contributed by atoms with Gasteiger partial charge < -0.3 is 92.6 Å². The van der Waals surface area contributed by atoms with Crippen molar-refractivity contribution in [3.63, 3.8) is 0 Å². The van der Waals surface area contributed by atoms with E-state index in [1.165, 1.54) is 40.7 Å². The first kappa shape index (κ1) is 65.8. The van der Waals surface area contributed by atoms with Gasteiger partial charge >= 0.3 is 23.9 Å². The highest BCUT2D eigenvalue weighted by molar-refractivity contribution is 5.87. The van der Waals surface area contributed by atoms with Crippen LogP contribution in [0.2, 0.25) is 0 Å². The topological polar surface area (TPSA) is 321 Å². The highest BCUT2D eigenvalue weighted by atomic mass is 16.8. The normalized spacial score (nSPS) is 40.2. The Hall–Kier alpha value is -2.98. The van der Waals surface area contributed by atoms with Crippen molar-refractivity contribution in [1.82, 2.24) is 0 Å². The lowest BCUT2D eigenvalue weighted by Crippen LogP contribution is -2.68. The van der Waals surface area contributed by atoms with Crippen LogP contribution >= 0.6 is 0 Å². The van der Waals surface area contributed by atoms with Gasteiger partial charge in [-0.15, -0.1) is 0 Å². The van der Waals surface area contributed by atoms with Crippen LogP contribution in [0.15, 0.2) is 11.6 Å². The fourth-order valence-electron chi connectivity index (χ4n) is 9.90. The van der Waals surface area contributed by atoms with E-state index in [0.29, 0.717) is 32.1 Å². The fraction of sp³-hybridized carbons (Fsp3) is 0.891. The summed E-state index contributed by atoms with van der Waals surface area (Å²) in [5.41, 5.74) is 0.247. The molecular formula is C55H92O23. The predicted octanol–water partition coefficient (Wildman–Crippen LogP) is 3.06. The largest absolute Gasteiger partial charge is 0.463 e. The molecule has 5 fully saturated rings. The summed E-state index contributed by atoms with van der Waals surface area (Å²) in [6.07, 6.45) is -22.2. The third-order valence-corrected chi connectivity index (χ3v) is 15.7. The summed E-state index contributed by atoms with van der Waals surface area (Å²) < 4.78 is 74.5. The Morgan fingerprint density at radius 1 is 0.641 bits per heavy atom. The molecule has 5 heterocycles. The van der Waals surface area contributed by atoms with Gasteiger partial charge in [0.2, 0.25) is 0 Å². The highest BCUT2D eigenvalue weighted by Gasteiger charge is 2.58. The number of carbonyl (C=O) groups is 4. The maximum Gasteiger partial charge on any atom is 0.333 e. The van der Waals surface area contributed by atoms with Crippen molar-refractivity contribution in [3.05, 3.63) is 11.6 Å². The van der Waals surface area contributed by atoms with Crippen molar-refractivity contribution in [2.45, 2.75) is 294 Å². The van der Waals surface area contributed by atoms with Gasteiger partial charge in [-0.25, -0.2) is 4.79 Å². The van der Waals surface area contributed by atoms with E-state index in [0.717, 1.165) is 51.4 Å². The summed E-state index contributed by atoms with van der Waals surface area (Å²) >= 11 is 0. The standard InChI is InChI=1S/C55H92O23/c1-11-14-20-23-34-24-21-18-16-15-17-19-22-25-36(57)73-47-44(76-52-42(63)41(62)43(32(9)69-52)74-49(64)27(4)12-2)33(10)70-55(48(47)75-50(65)28(5)13-3)78-46-40(61)38(59)35(26-67-51(66)29(6)30(7)56)72-54(46)77-45-39(60)37(58)31(8)68-53(45)71-34/h12,28-35,37-48,52-56,58-63H,11,13-26H2,1-10H3. The molecule has 0 amide bonds. The summed E-state index contributed by atoms with van der Waals surface area (Å²) in [7, 11) is 0. The molecule has 0 aromatic heterocycles. The van der Waals surface area contributed by atoms with Crippen LogP contribution in [-0.2, 0) is 76.0 Å². The molecule has 23 heteroatoms. The van der Waals surface area contributed by atoms with E-state index < -0.39 is 171 Å². The number of esters is 4. The summed E-state index contributed by atoms with van der Waals surface area (Å²) in [4.78, 5) is 53.8. The maximum absolute atomic E-state index is 14.1. The van der Waals surface area contributed by atoms with Crippen LogP contribution in [0.25, 0.3) is 0 Å². The van der Waals surface area contributed by atoms with Gasteiger partial charge in [0.15, 0.2) is 43.5 Å². The second kappa shape index (κ2) is 31.5. The van der Waals surface area contributed by atoms with E-state index in [-0.39, 0.29) is 18.1 Å². The second-order valence-electron chi connectivity index (χ2n) is 21.9. The third-order valence-electron chi connectivity index (χ3n) is 15.7. The molecule has 5 aliphatic heterocycles. The number of rotatable bonds is 15. The van der Waals surface area contributed by atoms with E-state index in [1.54, 1.807) is 27.7 Å². The third kappa shape index (κ3) is 17.5. The number of ether oxygens (including phenoxy) is 12. The second-order valence-corrected chi connectivity index (χ2v) is 21.9. The first-order chi connectivity index (χ1) is 37.0. The predicted molar refractivity (Wildman–Crippen MR) is 273 cm³/mol. The first-order valence-electron chi connectivity index (χ1n) is 28.4. The number of carbonyl (C=O) groups excluding carboxylic acids is 4. The number of aliphatic hydroxyl groups is 7. The van der Waals surface area contributed by atoms with E-state index in [4.69, 9.17) is 56.8 Å². The number of hydrogen-bond acceptors (Lipinski definition) is 23. The molecule has 450 valence electrons. The molecule has 0 aliphatic carbocycles. The van der Waals surface area contributed by atoms with E-state index in [1.807, 2.05) is 0 Å². The number of aliphatic hydroxyl groups excluding tert-OH is 7.